The number of rotatable bonds is 1. The van der Waals surface area contributed by atoms with E-state index in [4.69, 9.17) is 9.98 Å². The predicted molar refractivity (Wildman–Crippen MR) is 91.9 cm³/mol. The number of nitrogens with one attached hydrogen (secondary N) is 1. The summed E-state index contributed by atoms with van der Waals surface area (Å²) in [5.41, 5.74) is 2.02. The SMILES string of the molecule is CC(C)(C)N=C1C=C(c2ccccc2)C(=NC(C)(C)C)N1. The van der Waals surface area contributed by atoms with Crippen molar-refractivity contribution in [2.45, 2.75) is 52.6 Å². The monoisotopic (exact) mass is 283 g/mol. The van der Waals surface area contributed by atoms with Gasteiger partial charge in [0, 0.05) is 5.57 Å². The quantitative estimate of drug-likeness (QED) is 0.829. The van der Waals surface area contributed by atoms with Crippen LogP contribution in [0.1, 0.15) is 47.1 Å². The molecule has 1 aliphatic rings. The van der Waals surface area contributed by atoms with Gasteiger partial charge in [-0.2, -0.15) is 0 Å². The van der Waals surface area contributed by atoms with Crippen LogP contribution in [-0.4, -0.2) is 22.7 Å². The van der Waals surface area contributed by atoms with E-state index in [0.717, 1.165) is 22.8 Å². The van der Waals surface area contributed by atoms with Crippen LogP contribution in [0.4, 0.5) is 0 Å². The summed E-state index contributed by atoms with van der Waals surface area (Å²) < 4.78 is 0. The molecule has 0 radical (unpaired) electrons. The zero-order valence-electron chi connectivity index (χ0n) is 13.9. The summed E-state index contributed by atoms with van der Waals surface area (Å²) in [5.74, 6) is 1.78. The first-order valence-corrected chi connectivity index (χ1v) is 7.38. The van der Waals surface area contributed by atoms with Gasteiger partial charge in [-0.3, -0.25) is 9.98 Å². The summed E-state index contributed by atoms with van der Waals surface area (Å²) in [7, 11) is 0. The van der Waals surface area contributed by atoms with Crippen LogP contribution in [0.5, 0.6) is 0 Å². The molecule has 0 atom stereocenters. The fraction of sp³-hybridized carbons (Fsp3) is 0.444. The van der Waals surface area contributed by atoms with Crippen LogP contribution in [0.3, 0.4) is 0 Å². The molecule has 0 fully saturated rings. The van der Waals surface area contributed by atoms with E-state index in [2.05, 4.69) is 65.1 Å². The zero-order valence-corrected chi connectivity index (χ0v) is 13.9. The molecule has 3 heteroatoms. The first kappa shape index (κ1) is 15.5. The van der Waals surface area contributed by atoms with E-state index in [9.17, 15) is 0 Å². The summed E-state index contributed by atoms with van der Waals surface area (Å²) in [6.07, 6.45) is 2.09. The van der Waals surface area contributed by atoms with Gasteiger partial charge in [0.15, 0.2) is 0 Å². The lowest BCUT2D eigenvalue weighted by Gasteiger charge is -2.16. The lowest BCUT2D eigenvalue weighted by Crippen LogP contribution is -2.28. The zero-order chi connectivity index (χ0) is 15.7. The molecule has 0 aliphatic carbocycles. The molecule has 1 aromatic carbocycles. The third-order valence-electron chi connectivity index (χ3n) is 2.77. The van der Waals surface area contributed by atoms with Gasteiger partial charge >= 0.3 is 0 Å². The Bertz CT molecular complexity index is 594. The Balaban J connectivity index is 2.47. The molecule has 1 aliphatic heterocycles. The normalized spacial score (nSPS) is 19.8. The average molecular weight is 283 g/mol. The van der Waals surface area contributed by atoms with Gasteiger partial charge in [0.25, 0.3) is 0 Å². The minimum Gasteiger partial charge on any atom is -0.325 e. The molecule has 0 saturated carbocycles. The molecule has 0 unspecified atom stereocenters. The first-order chi connectivity index (χ1) is 9.64. The van der Waals surface area contributed by atoms with Crippen molar-refractivity contribution in [3.8, 4) is 0 Å². The van der Waals surface area contributed by atoms with Gasteiger partial charge in [-0.15, -0.1) is 0 Å². The largest absolute Gasteiger partial charge is 0.325 e. The average Bonchev–Trinajstić information content (AvgIpc) is 2.68. The van der Waals surface area contributed by atoms with Gasteiger partial charge in [-0.25, -0.2) is 0 Å². The van der Waals surface area contributed by atoms with Gasteiger partial charge in [-0.1, -0.05) is 30.3 Å². The summed E-state index contributed by atoms with van der Waals surface area (Å²) >= 11 is 0. The topological polar surface area (TPSA) is 36.8 Å². The van der Waals surface area contributed by atoms with Crippen LogP contribution in [0, 0.1) is 0 Å². The Morgan fingerprint density at radius 3 is 1.90 bits per heavy atom. The Morgan fingerprint density at radius 2 is 1.38 bits per heavy atom. The highest BCUT2D eigenvalue weighted by Gasteiger charge is 2.23. The minimum atomic E-state index is -0.132. The van der Waals surface area contributed by atoms with Crippen molar-refractivity contribution in [1.29, 1.82) is 0 Å². The molecule has 1 aromatic rings. The second-order valence-electron chi connectivity index (χ2n) is 7.35. The molecule has 0 bridgehead atoms. The number of hydrogen-bond donors (Lipinski definition) is 1. The van der Waals surface area contributed by atoms with Crippen LogP contribution in [-0.2, 0) is 0 Å². The summed E-state index contributed by atoms with van der Waals surface area (Å²) in [6, 6.07) is 10.3. The molecule has 0 saturated heterocycles. The van der Waals surface area contributed by atoms with Crippen LogP contribution in [0.2, 0.25) is 0 Å². The van der Waals surface area contributed by atoms with E-state index in [1.54, 1.807) is 0 Å². The van der Waals surface area contributed by atoms with Gasteiger partial charge < -0.3 is 5.32 Å². The number of aliphatic imine (C=N–C) groups is 2. The smallest absolute Gasteiger partial charge is 0.135 e. The third kappa shape index (κ3) is 4.55. The van der Waals surface area contributed by atoms with Crippen LogP contribution in [0.15, 0.2) is 46.4 Å². The molecule has 1 N–H and O–H groups in total. The third-order valence-corrected chi connectivity index (χ3v) is 2.77. The highest BCUT2D eigenvalue weighted by molar-refractivity contribution is 6.36. The fourth-order valence-corrected chi connectivity index (χ4v) is 2.11. The molecule has 0 amide bonds. The molecule has 0 spiro atoms. The van der Waals surface area contributed by atoms with Crippen LogP contribution < -0.4 is 5.32 Å². The van der Waals surface area contributed by atoms with Crippen molar-refractivity contribution in [2.24, 2.45) is 9.98 Å². The molecule has 1 heterocycles. The lowest BCUT2D eigenvalue weighted by atomic mass is 10.0. The highest BCUT2D eigenvalue weighted by atomic mass is 15.1. The van der Waals surface area contributed by atoms with Crippen molar-refractivity contribution < 1.29 is 0 Å². The van der Waals surface area contributed by atoms with Gasteiger partial charge in [0.2, 0.25) is 0 Å². The van der Waals surface area contributed by atoms with E-state index >= 15 is 0 Å². The number of nitrogens with zero attached hydrogens (tertiary/aromatic N) is 2. The number of benzene rings is 1. The molecule has 112 valence electrons. The van der Waals surface area contributed by atoms with Gasteiger partial charge in [0.1, 0.15) is 11.7 Å². The molecular formula is C18H25N3. The van der Waals surface area contributed by atoms with E-state index in [1.807, 2.05) is 18.2 Å². The maximum Gasteiger partial charge on any atom is 0.135 e. The first-order valence-electron chi connectivity index (χ1n) is 7.38. The Labute approximate surface area is 127 Å². The summed E-state index contributed by atoms with van der Waals surface area (Å²) in [5, 5.41) is 3.36. The molecule has 2 rings (SSSR count). The maximum atomic E-state index is 4.80. The van der Waals surface area contributed by atoms with Gasteiger partial charge in [0.05, 0.1) is 11.1 Å². The van der Waals surface area contributed by atoms with Crippen LogP contribution >= 0.6 is 0 Å². The second kappa shape index (κ2) is 5.47. The molecule has 0 aromatic heterocycles. The van der Waals surface area contributed by atoms with E-state index in [0.29, 0.717) is 0 Å². The van der Waals surface area contributed by atoms with Crippen molar-refractivity contribution in [1.82, 2.24) is 5.32 Å². The molecule has 21 heavy (non-hydrogen) atoms. The summed E-state index contributed by atoms with van der Waals surface area (Å²) in [6.45, 7) is 12.6. The molecular weight excluding hydrogens is 258 g/mol. The maximum absolute atomic E-state index is 4.80. The Hall–Kier alpha value is -1.90. The standard InChI is InChI=1S/C18H25N3/c1-17(2,3)20-15-12-14(13-10-8-7-9-11-13)16(19-15)21-18(4,5)6/h7-12H,1-6H3,(H,19,20,21). The minimum absolute atomic E-state index is 0.113. The summed E-state index contributed by atoms with van der Waals surface area (Å²) in [4.78, 5) is 9.52. The highest BCUT2D eigenvalue weighted by Crippen LogP contribution is 2.22. The Kier molecular flexibility index (Phi) is 4.04. The number of hydrogen-bond acceptors (Lipinski definition) is 2. The Morgan fingerprint density at radius 1 is 0.810 bits per heavy atom. The van der Waals surface area contributed by atoms with Crippen molar-refractivity contribution in [2.75, 3.05) is 0 Å². The van der Waals surface area contributed by atoms with Gasteiger partial charge in [-0.05, 0) is 53.2 Å². The lowest BCUT2D eigenvalue weighted by molar-refractivity contribution is 0.580. The van der Waals surface area contributed by atoms with Crippen LogP contribution in [0.25, 0.3) is 5.57 Å². The predicted octanol–water partition coefficient (Wildman–Crippen LogP) is 4.07. The van der Waals surface area contributed by atoms with Crippen molar-refractivity contribution in [3.63, 3.8) is 0 Å². The fourth-order valence-electron chi connectivity index (χ4n) is 2.11. The number of amidine groups is 2. The molecule has 3 nitrogen and oxygen atoms in total. The van der Waals surface area contributed by atoms with Crippen molar-refractivity contribution >= 4 is 17.2 Å². The van der Waals surface area contributed by atoms with E-state index in [-0.39, 0.29) is 11.1 Å². The van der Waals surface area contributed by atoms with E-state index in [1.165, 1.54) is 0 Å². The van der Waals surface area contributed by atoms with Crippen molar-refractivity contribution in [3.05, 3.63) is 42.0 Å². The van der Waals surface area contributed by atoms with E-state index < -0.39 is 0 Å². The second-order valence-corrected chi connectivity index (χ2v) is 7.35.